The fourth-order valence-electron chi connectivity index (χ4n) is 3.82. The van der Waals surface area contributed by atoms with Crippen molar-refractivity contribution in [3.8, 4) is 0 Å². The number of carbonyl (C=O) groups excluding carboxylic acids is 1. The van der Waals surface area contributed by atoms with Crippen LogP contribution in [-0.2, 0) is 4.79 Å². The fraction of sp³-hybridized carbons (Fsp3) is 0.619. The van der Waals surface area contributed by atoms with Crippen LogP contribution >= 0.6 is 24.0 Å². The molecule has 6 nitrogen and oxygen atoms in total. The first-order chi connectivity index (χ1) is 13.1. The van der Waals surface area contributed by atoms with E-state index in [0.717, 1.165) is 38.7 Å². The van der Waals surface area contributed by atoms with Gasteiger partial charge in [-0.3, -0.25) is 14.7 Å². The molecule has 2 atom stereocenters. The van der Waals surface area contributed by atoms with Crippen LogP contribution in [0.15, 0.2) is 35.3 Å². The molecule has 1 amide bonds. The Kier molecular flexibility index (Phi) is 9.01. The van der Waals surface area contributed by atoms with Crippen molar-refractivity contribution in [1.29, 1.82) is 0 Å². The van der Waals surface area contributed by atoms with Crippen LogP contribution in [0.2, 0.25) is 0 Å². The van der Waals surface area contributed by atoms with Gasteiger partial charge >= 0.3 is 0 Å². The van der Waals surface area contributed by atoms with Crippen molar-refractivity contribution in [1.82, 2.24) is 20.4 Å². The Bertz CT molecular complexity index is 643. The van der Waals surface area contributed by atoms with Gasteiger partial charge in [-0.05, 0) is 37.7 Å². The molecule has 2 unspecified atom stereocenters. The van der Waals surface area contributed by atoms with Gasteiger partial charge in [0.1, 0.15) is 0 Å². The van der Waals surface area contributed by atoms with Crippen LogP contribution in [0.3, 0.4) is 0 Å². The molecule has 3 rings (SSSR count). The van der Waals surface area contributed by atoms with Crippen LogP contribution in [0.25, 0.3) is 0 Å². The molecule has 0 aromatic heterocycles. The number of piperazine rings is 1. The van der Waals surface area contributed by atoms with Crippen molar-refractivity contribution in [3.05, 3.63) is 35.9 Å². The number of nitrogens with zero attached hydrogens (tertiary/aromatic N) is 3. The standard InChI is InChI=1S/C21H33N5O.HI/c1-16(2)24-20(27)15-25-9-11-26(12-10-25)21(22-3)23-14-18-13-19(18)17-7-5-4-6-8-17;/h4-8,16,18-19H,9-15H2,1-3H3,(H,22,23)(H,24,27);1H. The number of carbonyl (C=O) groups is 1. The number of guanidine groups is 1. The van der Waals surface area contributed by atoms with E-state index in [1.807, 2.05) is 20.9 Å². The highest BCUT2D eigenvalue weighted by Gasteiger charge is 2.38. The monoisotopic (exact) mass is 499 g/mol. The summed E-state index contributed by atoms with van der Waals surface area (Å²) in [4.78, 5) is 20.9. The second-order valence-electron chi connectivity index (χ2n) is 7.93. The molecule has 2 N–H and O–H groups in total. The Hall–Kier alpha value is -1.35. The van der Waals surface area contributed by atoms with E-state index in [-0.39, 0.29) is 35.9 Å². The predicted octanol–water partition coefficient (Wildman–Crippen LogP) is 2.13. The van der Waals surface area contributed by atoms with E-state index in [1.165, 1.54) is 12.0 Å². The maximum Gasteiger partial charge on any atom is 0.234 e. The Balaban J connectivity index is 0.00000280. The molecule has 0 spiro atoms. The number of hydrogen-bond donors (Lipinski definition) is 2. The molecule has 1 aromatic carbocycles. The van der Waals surface area contributed by atoms with Gasteiger partial charge in [-0.2, -0.15) is 0 Å². The number of halogens is 1. The fourth-order valence-corrected chi connectivity index (χ4v) is 3.82. The molecule has 1 saturated carbocycles. The number of rotatable bonds is 6. The number of hydrogen-bond acceptors (Lipinski definition) is 3. The minimum absolute atomic E-state index is 0. The first-order valence-corrected chi connectivity index (χ1v) is 10.1. The van der Waals surface area contributed by atoms with Crippen molar-refractivity contribution in [2.24, 2.45) is 10.9 Å². The van der Waals surface area contributed by atoms with Crippen LogP contribution in [0.5, 0.6) is 0 Å². The average Bonchev–Trinajstić information content (AvgIpc) is 3.43. The van der Waals surface area contributed by atoms with E-state index in [2.05, 4.69) is 55.8 Å². The molecule has 1 aliphatic heterocycles. The first kappa shape index (κ1) is 22.9. The van der Waals surface area contributed by atoms with Gasteiger partial charge in [0.2, 0.25) is 5.91 Å². The van der Waals surface area contributed by atoms with E-state index in [1.54, 1.807) is 0 Å². The van der Waals surface area contributed by atoms with E-state index >= 15 is 0 Å². The Morgan fingerprint density at radius 2 is 1.86 bits per heavy atom. The van der Waals surface area contributed by atoms with E-state index in [4.69, 9.17) is 0 Å². The number of benzene rings is 1. The average molecular weight is 499 g/mol. The third kappa shape index (κ3) is 6.62. The second kappa shape index (κ2) is 11.0. The van der Waals surface area contributed by atoms with Gasteiger partial charge in [-0.15, -0.1) is 24.0 Å². The minimum Gasteiger partial charge on any atom is -0.356 e. The summed E-state index contributed by atoms with van der Waals surface area (Å²) < 4.78 is 0. The molecule has 1 saturated heterocycles. The zero-order chi connectivity index (χ0) is 19.2. The SMILES string of the molecule is CN=C(NCC1CC1c1ccccc1)N1CCN(CC(=O)NC(C)C)CC1.I. The van der Waals surface area contributed by atoms with Gasteiger partial charge < -0.3 is 15.5 Å². The van der Waals surface area contributed by atoms with Crippen molar-refractivity contribution < 1.29 is 4.79 Å². The van der Waals surface area contributed by atoms with Crippen molar-refractivity contribution >= 4 is 35.8 Å². The van der Waals surface area contributed by atoms with Gasteiger partial charge in [0.25, 0.3) is 0 Å². The van der Waals surface area contributed by atoms with Crippen LogP contribution < -0.4 is 10.6 Å². The highest BCUT2D eigenvalue weighted by atomic mass is 127. The molecule has 0 radical (unpaired) electrons. The molecule has 0 bridgehead atoms. The number of nitrogens with one attached hydrogen (secondary N) is 2. The molecule has 156 valence electrons. The minimum atomic E-state index is 0. The van der Waals surface area contributed by atoms with Crippen molar-refractivity contribution in [2.75, 3.05) is 46.3 Å². The lowest BCUT2D eigenvalue weighted by atomic mass is 10.1. The van der Waals surface area contributed by atoms with Crippen LogP contribution in [-0.4, -0.2) is 74.0 Å². The molecular weight excluding hydrogens is 465 g/mol. The summed E-state index contributed by atoms with van der Waals surface area (Å²) in [6.45, 7) is 9.04. The Morgan fingerprint density at radius 1 is 1.18 bits per heavy atom. The Morgan fingerprint density at radius 3 is 2.46 bits per heavy atom. The summed E-state index contributed by atoms with van der Waals surface area (Å²) in [5.74, 6) is 2.49. The molecule has 2 aliphatic rings. The van der Waals surface area contributed by atoms with Gasteiger partial charge in [-0.1, -0.05) is 30.3 Å². The molecule has 1 aliphatic carbocycles. The number of aliphatic imine (C=N–C) groups is 1. The molecular formula is C21H34IN5O. The summed E-state index contributed by atoms with van der Waals surface area (Å²) >= 11 is 0. The molecule has 1 heterocycles. The van der Waals surface area contributed by atoms with Crippen LogP contribution in [0, 0.1) is 5.92 Å². The van der Waals surface area contributed by atoms with Crippen LogP contribution in [0.4, 0.5) is 0 Å². The number of amides is 1. The predicted molar refractivity (Wildman–Crippen MR) is 125 cm³/mol. The van der Waals surface area contributed by atoms with Crippen molar-refractivity contribution in [2.45, 2.75) is 32.2 Å². The zero-order valence-electron chi connectivity index (χ0n) is 17.2. The summed E-state index contributed by atoms with van der Waals surface area (Å²) in [7, 11) is 1.85. The lowest BCUT2D eigenvalue weighted by Crippen LogP contribution is -2.54. The normalized spacial score (nSPS) is 22.6. The van der Waals surface area contributed by atoms with E-state index in [0.29, 0.717) is 18.4 Å². The molecule has 1 aromatic rings. The summed E-state index contributed by atoms with van der Waals surface area (Å²) in [6.07, 6.45) is 1.26. The van der Waals surface area contributed by atoms with Crippen LogP contribution in [0.1, 0.15) is 31.7 Å². The lowest BCUT2D eigenvalue weighted by Gasteiger charge is -2.36. The smallest absolute Gasteiger partial charge is 0.234 e. The molecule has 2 fully saturated rings. The van der Waals surface area contributed by atoms with E-state index < -0.39 is 0 Å². The summed E-state index contributed by atoms with van der Waals surface area (Å²) in [6, 6.07) is 11.0. The maximum absolute atomic E-state index is 11.9. The maximum atomic E-state index is 11.9. The molecule has 7 heteroatoms. The molecule has 28 heavy (non-hydrogen) atoms. The van der Waals surface area contributed by atoms with Crippen molar-refractivity contribution in [3.63, 3.8) is 0 Å². The second-order valence-corrected chi connectivity index (χ2v) is 7.93. The van der Waals surface area contributed by atoms with Gasteiger partial charge in [0.15, 0.2) is 5.96 Å². The third-order valence-corrected chi connectivity index (χ3v) is 5.37. The quantitative estimate of drug-likeness (QED) is 0.358. The van der Waals surface area contributed by atoms with Gasteiger partial charge in [0, 0.05) is 45.8 Å². The van der Waals surface area contributed by atoms with Gasteiger partial charge in [0.05, 0.1) is 6.54 Å². The Labute approximate surface area is 186 Å². The highest BCUT2D eigenvalue weighted by molar-refractivity contribution is 14.0. The lowest BCUT2D eigenvalue weighted by molar-refractivity contribution is -0.123. The summed E-state index contributed by atoms with van der Waals surface area (Å²) in [5.41, 5.74) is 1.45. The topological polar surface area (TPSA) is 60.0 Å². The highest BCUT2D eigenvalue weighted by Crippen LogP contribution is 2.46. The third-order valence-electron chi connectivity index (χ3n) is 5.37. The first-order valence-electron chi connectivity index (χ1n) is 10.1. The van der Waals surface area contributed by atoms with E-state index in [9.17, 15) is 4.79 Å². The largest absolute Gasteiger partial charge is 0.356 e. The summed E-state index contributed by atoms with van der Waals surface area (Å²) in [5, 5.41) is 6.52. The zero-order valence-corrected chi connectivity index (χ0v) is 19.6. The van der Waals surface area contributed by atoms with Gasteiger partial charge in [-0.25, -0.2) is 0 Å².